The Bertz CT molecular complexity index is 1440. The number of likely N-dealkylation sites (tertiary alicyclic amines) is 1. The summed E-state index contributed by atoms with van der Waals surface area (Å²) in [6.45, 7) is 10.9. The Morgan fingerprint density at radius 3 is 2.46 bits per heavy atom. The molecule has 1 atom stereocenters. The van der Waals surface area contributed by atoms with Crippen LogP contribution in [0.5, 0.6) is 0 Å². The van der Waals surface area contributed by atoms with Crippen molar-refractivity contribution in [1.29, 1.82) is 0 Å². The maximum Gasteiger partial charge on any atom is 0.298 e. The molecule has 5 rings (SSSR count). The van der Waals surface area contributed by atoms with E-state index in [0.717, 1.165) is 42.3 Å². The fraction of sp³-hybridized carbons (Fsp3) is 0.607. The predicted octanol–water partition coefficient (Wildman–Crippen LogP) is 2.36. The minimum Gasteiger partial charge on any atom is -0.367 e. The summed E-state index contributed by atoms with van der Waals surface area (Å²) in [6, 6.07) is 3.38. The first-order chi connectivity index (χ1) is 18.5. The van der Waals surface area contributed by atoms with E-state index in [2.05, 4.69) is 21.5 Å². The van der Waals surface area contributed by atoms with E-state index in [9.17, 15) is 18.0 Å². The van der Waals surface area contributed by atoms with E-state index < -0.39 is 15.6 Å². The molecule has 0 spiro atoms. The molecule has 3 aliphatic rings. The van der Waals surface area contributed by atoms with E-state index in [4.69, 9.17) is 5.10 Å². The maximum absolute atomic E-state index is 13.5. The second-order valence-corrected chi connectivity index (χ2v) is 13.2. The molecule has 0 bridgehead atoms. The molecule has 1 N–H and O–H groups in total. The van der Waals surface area contributed by atoms with Gasteiger partial charge in [-0.2, -0.15) is 5.10 Å². The van der Waals surface area contributed by atoms with E-state index in [1.165, 1.54) is 0 Å². The van der Waals surface area contributed by atoms with Crippen LogP contribution in [0.2, 0.25) is 0 Å². The van der Waals surface area contributed by atoms with Gasteiger partial charge < -0.3 is 14.7 Å². The van der Waals surface area contributed by atoms with Gasteiger partial charge in [0.2, 0.25) is 15.9 Å². The monoisotopic (exact) mass is 554 g/mol. The van der Waals surface area contributed by atoms with Crippen LogP contribution in [0.4, 0.5) is 5.69 Å². The van der Waals surface area contributed by atoms with Crippen molar-refractivity contribution in [2.24, 2.45) is 5.92 Å². The summed E-state index contributed by atoms with van der Waals surface area (Å²) in [5.74, 6) is 5.19. The van der Waals surface area contributed by atoms with Gasteiger partial charge in [-0.15, -0.1) is 0 Å². The molecule has 10 nitrogen and oxygen atoms in total. The summed E-state index contributed by atoms with van der Waals surface area (Å²) in [7, 11) is -3.77. The van der Waals surface area contributed by atoms with Gasteiger partial charge in [0.05, 0.1) is 22.7 Å². The zero-order valence-electron chi connectivity index (χ0n) is 23.2. The number of aromatic nitrogens is 2. The van der Waals surface area contributed by atoms with Crippen LogP contribution in [-0.2, 0) is 19.6 Å². The standard InChI is InChI=1S/C28H38N6O4S/c1-5-7-26(35)33-11-6-8-21(19-33)34-25-17-22(39(37,38)30-28(4)9-10-28)16-24(23(25)18-29-34)31-12-14-32(15-13-31)27(36)20(2)3/h16-18,20-21,30H,6,8-15,19H2,1-4H3. The van der Waals surface area contributed by atoms with Crippen molar-refractivity contribution in [2.45, 2.75) is 69.9 Å². The fourth-order valence-electron chi connectivity index (χ4n) is 5.54. The van der Waals surface area contributed by atoms with Crippen molar-refractivity contribution in [2.75, 3.05) is 44.2 Å². The molecule has 2 amide bonds. The number of benzene rings is 1. The lowest BCUT2D eigenvalue weighted by Crippen LogP contribution is -2.50. The number of rotatable bonds is 6. The van der Waals surface area contributed by atoms with Crippen molar-refractivity contribution >= 4 is 38.4 Å². The van der Waals surface area contributed by atoms with Crippen LogP contribution >= 0.6 is 0 Å². The summed E-state index contributed by atoms with van der Waals surface area (Å²) in [4.78, 5) is 31.0. The summed E-state index contributed by atoms with van der Waals surface area (Å²) in [5.41, 5.74) is 1.13. The summed E-state index contributed by atoms with van der Waals surface area (Å²) in [5, 5.41) is 5.59. The highest BCUT2D eigenvalue weighted by atomic mass is 32.2. The van der Waals surface area contributed by atoms with E-state index in [-0.39, 0.29) is 28.7 Å². The smallest absolute Gasteiger partial charge is 0.298 e. The Balaban J connectivity index is 1.52. The minimum absolute atomic E-state index is 0.0601. The Kier molecular flexibility index (Phi) is 7.37. The molecule has 0 radical (unpaired) electrons. The lowest BCUT2D eigenvalue weighted by atomic mass is 10.1. The number of carbonyl (C=O) groups is 2. The third kappa shape index (κ3) is 5.63. The first kappa shape index (κ1) is 27.5. The Labute approximate surface area is 230 Å². The average Bonchev–Trinajstić information content (AvgIpc) is 3.47. The van der Waals surface area contributed by atoms with Gasteiger partial charge in [0, 0.05) is 61.8 Å². The van der Waals surface area contributed by atoms with Gasteiger partial charge in [-0.25, -0.2) is 13.1 Å². The molecule has 2 aliphatic heterocycles. The van der Waals surface area contributed by atoms with Crippen LogP contribution in [0.15, 0.2) is 23.2 Å². The molecule has 2 saturated heterocycles. The molecular weight excluding hydrogens is 516 g/mol. The molecule has 1 aromatic carbocycles. The van der Waals surface area contributed by atoms with Gasteiger partial charge in [0.25, 0.3) is 5.91 Å². The van der Waals surface area contributed by atoms with Crippen molar-refractivity contribution < 1.29 is 18.0 Å². The molecule has 210 valence electrons. The number of anilines is 1. The van der Waals surface area contributed by atoms with Crippen LogP contribution < -0.4 is 9.62 Å². The van der Waals surface area contributed by atoms with Gasteiger partial charge in [-0.1, -0.05) is 19.8 Å². The van der Waals surface area contributed by atoms with Crippen molar-refractivity contribution in [3.63, 3.8) is 0 Å². The zero-order valence-corrected chi connectivity index (χ0v) is 24.1. The molecule has 1 aromatic heterocycles. The number of piperazine rings is 1. The number of fused-ring (bicyclic) bond motifs is 1. The summed E-state index contributed by atoms with van der Waals surface area (Å²) >= 11 is 0. The van der Waals surface area contributed by atoms with Crippen molar-refractivity contribution in [3.8, 4) is 11.8 Å². The van der Waals surface area contributed by atoms with E-state index in [1.807, 2.05) is 30.4 Å². The molecule has 11 heteroatoms. The molecule has 3 fully saturated rings. The van der Waals surface area contributed by atoms with Gasteiger partial charge in [-0.05, 0) is 57.6 Å². The van der Waals surface area contributed by atoms with Gasteiger partial charge in [0.1, 0.15) is 0 Å². The highest BCUT2D eigenvalue weighted by molar-refractivity contribution is 7.89. The minimum atomic E-state index is -3.77. The maximum atomic E-state index is 13.5. The Hall–Kier alpha value is -3.10. The van der Waals surface area contributed by atoms with Crippen LogP contribution in [-0.4, -0.2) is 84.6 Å². The van der Waals surface area contributed by atoms with E-state index in [0.29, 0.717) is 39.3 Å². The third-order valence-electron chi connectivity index (χ3n) is 8.05. The number of amides is 2. The van der Waals surface area contributed by atoms with Crippen LogP contribution in [0.25, 0.3) is 10.9 Å². The molecule has 2 aromatic rings. The van der Waals surface area contributed by atoms with Crippen molar-refractivity contribution in [1.82, 2.24) is 24.3 Å². The largest absolute Gasteiger partial charge is 0.367 e. The highest BCUT2D eigenvalue weighted by Crippen LogP contribution is 2.38. The number of piperidine rings is 1. The number of nitrogens with one attached hydrogen (secondary N) is 1. The number of hydrogen-bond acceptors (Lipinski definition) is 6. The second-order valence-electron chi connectivity index (χ2n) is 11.5. The molecule has 1 aliphatic carbocycles. The van der Waals surface area contributed by atoms with Crippen LogP contribution in [0, 0.1) is 17.8 Å². The molecular formula is C28H38N6O4S. The predicted molar refractivity (Wildman–Crippen MR) is 150 cm³/mol. The third-order valence-corrected chi connectivity index (χ3v) is 9.66. The normalized spacial score (nSPS) is 21.2. The number of nitrogens with zero attached hydrogens (tertiary/aromatic N) is 5. The molecule has 1 saturated carbocycles. The fourth-order valence-corrected chi connectivity index (χ4v) is 7.04. The molecule has 39 heavy (non-hydrogen) atoms. The Morgan fingerprint density at radius 2 is 1.82 bits per heavy atom. The lowest BCUT2D eigenvalue weighted by Gasteiger charge is -2.37. The SMILES string of the molecule is CC#CC(=O)N1CCCC(n2ncc3c(N4CCN(C(=O)C(C)C)CC4)cc(S(=O)(=O)NC4(C)CC4)cc32)C1. The Morgan fingerprint density at radius 1 is 1.10 bits per heavy atom. The summed E-state index contributed by atoms with van der Waals surface area (Å²) < 4.78 is 31.8. The topological polar surface area (TPSA) is 108 Å². The van der Waals surface area contributed by atoms with Crippen molar-refractivity contribution in [3.05, 3.63) is 18.3 Å². The van der Waals surface area contributed by atoms with E-state index >= 15 is 0 Å². The lowest BCUT2D eigenvalue weighted by molar-refractivity contribution is -0.134. The molecule has 1 unspecified atom stereocenters. The van der Waals surface area contributed by atoms with Crippen LogP contribution in [0.1, 0.15) is 59.4 Å². The van der Waals surface area contributed by atoms with Gasteiger partial charge >= 0.3 is 0 Å². The number of sulfonamides is 1. The zero-order chi connectivity index (χ0) is 27.9. The highest BCUT2D eigenvalue weighted by Gasteiger charge is 2.41. The first-order valence-corrected chi connectivity index (χ1v) is 15.3. The van der Waals surface area contributed by atoms with E-state index in [1.54, 1.807) is 30.2 Å². The van der Waals surface area contributed by atoms with Gasteiger partial charge in [0.15, 0.2) is 0 Å². The quantitative estimate of drug-likeness (QED) is 0.550. The number of carbonyl (C=O) groups excluding carboxylic acids is 2. The second kappa shape index (κ2) is 10.5. The van der Waals surface area contributed by atoms with Crippen LogP contribution in [0.3, 0.4) is 0 Å². The first-order valence-electron chi connectivity index (χ1n) is 13.8. The summed E-state index contributed by atoms with van der Waals surface area (Å²) in [6.07, 6.45) is 5.09. The molecule has 3 heterocycles. The average molecular weight is 555 g/mol. The van der Waals surface area contributed by atoms with Gasteiger partial charge in [-0.3, -0.25) is 14.3 Å². The number of hydrogen-bond donors (Lipinski definition) is 1.